The summed E-state index contributed by atoms with van der Waals surface area (Å²) in [4.78, 5) is 15.5. The van der Waals surface area contributed by atoms with Gasteiger partial charge < -0.3 is 9.64 Å². The summed E-state index contributed by atoms with van der Waals surface area (Å²) < 4.78 is 6.40. The highest BCUT2D eigenvalue weighted by molar-refractivity contribution is 5.84. The van der Waals surface area contributed by atoms with Crippen LogP contribution in [0.15, 0.2) is 66.2 Å². The van der Waals surface area contributed by atoms with E-state index in [0.29, 0.717) is 12.3 Å². The fourth-order valence-electron chi connectivity index (χ4n) is 7.21. The van der Waals surface area contributed by atoms with Gasteiger partial charge in [-0.3, -0.25) is 4.79 Å². The van der Waals surface area contributed by atoms with Crippen LogP contribution in [-0.4, -0.2) is 17.6 Å². The molecule has 4 aliphatic rings. The summed E-state index contributed by atoms with van der Waals surface area (Å²) in [6, 6.07) is 19.7. The predicted octanol–water partition coefficient (Wildman–Crippen LogP) is 5.54. The van der Waals surface area contributed by atoms with Gasteiger partial charge >= 0.3 is 5.97 Å². The molecule has 1 spiro atoms. The first-order valence-corrected chi connectivity index (χ1v) is 11.5. The van der Waals surface area contributed by atoms with Crippen molar-refractivity contribution >= 4 is 11.7 Å². The second-order valence-electron chi connectivity index (χ2n) is 9.67. The summed E-state index contributed by atoms with van der Waals surface area (Å²) in [5.41, 5.74) is 4.48. The first-order valence-electron chi connectivity index (χ1n) is 11.5. The van der Waals surface area contributed by atoms with Gasteiger partial charge in [0.15, 0.2) is 0 Å². The number of para-hydroxylation sites is 1. The van der Waals surface area contributed by atoms with Crippen LogP contribution in [0.1, 0.15) is 56.6 Å². The smallest absolute Gasteiger partial charge is 0.307 e. The van der Waals surface area contributed by atoms with Gasteiger partial charge in [0.2, 0.25) is 0 Å². The first-order chi connectivity index (χ1) is 14.7. The number of esters is 1. The molecule has 2 aromatic rings. The Morgan fingerprint density at radius 2 is 1.73 bits per heavy atom. The number of hydrogen-bond acceptors (Lipinski definition) is 3. The summed E-state index contributed by atoms with van der Waals surface area (Å²) in [7, 11) is 0. The fourth-order valence-corrected chi connectivity index (χ4v) is 7.21. The van der Waals surface area contributed by atoms with Crippen LogP contribution >= 0.6 is 0 Å². The topological polar surface area (TPSA) is 29.5 Å². The van der Waals surface area contributed by atoms with Gasteiger partial charge in [0, 0.05) is 18.2 Å². The Morgan fingerprint density at radius 3 is 2.53 bits per heavy atom. The molecule has 0 bridgehead atoms. The predicted molar refractivity (Wildman–Crippen MR) is 118 cm³/mol. The molecule has 2 aliphatic carbocycles. The molecule has 2 heterocycles. The minimum atomic E-state index is -0.485. The molecule has 0 aromatic heterocycles. The average Bonchev–Trinajstić information content (AvgIpc) is 3.31. The maximum absolute atomic E-state index is 13.0. The molecule has 0 radical (unpaired) electrons. The lowest BCUT2D eigenvalue weighted by Gasteiger charge is -2.45. The molecular formula is C27H29NO2. The van der Waals surface area contributed by atoms with Crippen molar-refractivity contribution in [2.45, 2.75) is 69.1 Å². The lowest BCUT2D eigenvalue weighted by Crippen LogP contribution is -2.55. The minimum absolute atomic E-state index is 0.0225. The second-order valence-corrected chi connectivity index (χ2v) is 9.67. The third-order valence-corrected chi connectivity index (χ3v) is 8.16. The molecule has 6 rings (SSSR count). The largest absolute Gasteiger partial charge is 0.453 e. The number of benzene rings is 2. The van der Waals surface area contributed by atoms with Gasteiger partial charge in [-0.25, -0.2) is 0 Å². The van der Waals surface area contributed by atoms with Crippen molar-refractivity contribution in [3.05, 3.63) is 77.4 Å². The molecule has 2 aliphatic heterocycles. The number of ether oxygens (including phenoxy) is 1. The Hall–Kier alpha value is -2.55. The highest BCUT2D eigenvalue weighted by Gasteiger charge is 2.73. The van der Waals surface area contributed by atoms with Gasteiger partial charge in [0.1, 0.15) is 5.60 Å². The van der Waals surface area contributed by atoms with E-state index in [9.17, 15) is 4.79 Å². The van der Waals surface area contributed by atoms with E-state index in [-0.39, 0.29) is 17.4 Å². The summed E-state index contributed by atoms with van der Waals surface area (Å²) in [5, 5.41) is 0. The molecule has 154 valence electrons. The maximum atomic E-state index is 13.0. The van der Waals surface area contributed by atoms with E-state index in [2.05, 4.69) is 72.5 Å². The first kappa shape index (κ1) is 18.2. The van der Waals surface area contributed by atoms with Crippen molar-refractivity contribution in [2.24, 2.45) is 5.92 Å². The van der Waals surface area contributed by atoms with Gasteiger partial charge in [0.25, 0.3) is 0 Å². The number of fused-ring (bicyclic) bond motifs is 1. The van der Waals surface area contributed by atoms with Crippen LogP contribution in [-0.2, 0) is 21.5 Å². The minimum Gasteiger partial charge on any atom is -0.453 e. The van der Waals surface area contributed by atoms with Gasteiger partial charge in [-0.2, -0.15) is 0 Å². The molecule has 0 N–H and O–H groups in total. The van der Waals surface area contributed by atoms with E-state index < -0.39 is 5.60 Å². The average molecular weight is 400 g/mol. The number of carbonyl (C=O) groups is 1. The Morgan fingerprint density at radius 1 is 1.00 bits per heavy atom. The quantitative estimate of drug-likeness (QED) is 0.501. The standard InChI is InChI=1S/C27H29NO2/c1-19-16-27(21-12-6-3-7-13-21)26(17-24(29)30-27)22-14-8-9-15-23(22)28(25(19)26)18-20-10-4-2-5-11-20/h2,4-5,8-11,14-16,21,25H,3,6-7,12-13,17-18H2,1H3/t25-,26-,27+/m0/s1. The zero-order valence-corrected chi connectivity index (χ0v) is 17.6. The fraction of sp³-hybridized carbons (Fsp3) is 0.444. The normalized spacial score (nSPS) is 32.4. The lowest BCUT2D eigenvalue weighted by molar-refractivity contribution is -0.150. The monoisotopic (exact) mass is 399 g/mol. The van der Waals surface area contributed by atoms with E-state index in [4.69, 9.17) is 4.74 Å². The van der Waals surface area contributed by atoms with E-state index in [1.165, 1.54) is 41.6 Å². The van der Waals surface area contributed by atoms with Crippen molar-refractivity contribution in [1.29, 1.82) is 0 Å². The van der Waals surface area contributed by atoms with Gasteiger partial charge in [-0.05, 0) is 48.6 Å². The molecule has 2 aromatic carbocycles. The molecule has 3 nitrogen and oxygen atoms in total. The second kappa shape index (κ2) is 6.47. The van der Waals surface area contributed by atoms with E-state index in [1.54, 1.807) is 0 Å². The van der Waals surface area contributed by atoms with Crippen LogP contribution in [0.2, 0.25) is 0 Å². The summed E-state index contributed by atoms with van der Waals surface area (Å²) >= 11 is 0. The van der Waals surface area contributed by atoms with Crippen LogP contribution in [0.4, 0.5) is 5.69 Å². The zero-order chi connectivity index (χ0) is 20.3. The van der Waals surface area contributed by atoms with Crippen LogP contribution in [0, 0.1) is 5.92 Å². The summed E-state index contributed by atoms with van der Waals surface area (Å²) in [6.07, 6.45) is 8.96. The third kappa shape index (κ3) is 2.24. The Balaban J connectivity index is 1.54. The van der Waals surface area contributed by atoms with Crippen LogP contribution in [0.3, 0.4) is 0 Å². The van der Waals surface area contributed by atoms with Crippen molar-refractivity contribution in [3.8, 4) is 0 Å². The maximum Gasteiger partial charge on any atom is 0.307 e. The molecule has 0 amide bonds. The van der Waals surface area contributed by atoms with Crippen LogP contribution in [0.5, 0.6) is 0 Å². The summed E-state index contributed by atoms with van der Waals surface area (Å²) in [6.45, 7) is 3.11. The highest BCUT2D eigenvalue weighted by atomic mass is 16.6. The molecule has 3 atom stereocenters. The van der Waals surface area contributed by atoms with Crippen molar-refractivity contribution in [1.82, 2.24) is 0 Å². The van der Waals surface area contributed by atoms with E-state index in [0.717, 1.165) is 19.4 Å². The van der Waals surface area contributed by atoms with Crippen LogP contribution < -0.4 is 4.90 Å². The Labute approximate surface area is 178 Å². The molecule has 1 saturated heterocycles. The van der Waals surface area contributed by atoms with Gasteiger partial charge in [-0.1, -0.05) is 67.8 Å². The third-order valence-electron chi connectivity index (χ3n) is 8.16. The van der Waals surface area contributed by atoms with E-state index >= 15 is 0 Å². The lowest BCUT2D eigenvalue weighted by atomic mass is 9.60. The SMILES string of the molecule is CC1=C[C@]2(C3CCCCC3)OC(=O)C[C@@]23c2ccccc2N(Cc2ccccc2)[C@@H]13. The number of anilines is 1. The van der Waals surface area contributed by atoms with Gasteiger partial charge in [-0.15, -0.1) is 0 Å². The number of rotatable bonds is 3. The highest BCUT2D eigenvalue weighted by Crippen LogP contribution is 2.67. The van der Waals surface area contributed by atoms with Crippen LogP contribution in [0.25, 0.3) is 0 Å². The number of nitrogens with zero attached hydrogens (tertiary/aromatic N) is 1. The van der Waals surface area contributed by atoms with Crippen molar-refractivity contribution in [2.75, 3.05) is 4.90 Å². The molecular weight excluding hydrogens is 370 g/mol. The number of carbonyl (C=O) groups excluding carboxylic acids is 1. The van der Waals surface area contributed by atoms with Crippen molar-refractivity contribution in [3.63, 3.8) is 0 Å². The Kier molecular flexibility index (Phi) is 3.93. The Bertz CT molecular complexity index is 1020. The molecule has 0 unspecified atom stereocenters. The van der Waals surface area contributed by atoms with Gasteiger partial charge in [0.05, 0.1) is 17.9 Å². The molecule has 1 saturated carbocycles. The number of hydrogen-bond donors (Lipinski definition) is 0. The molecule has 3 heteroatoms. The summed E-state index contributed by atoms with van der Waals surface area (Å²) in [5.74, 6) is 0.396. The van der Waals surface area contributed by atoms with Crippen molar-refractivity contribution < 1.29 is 9.53 Å². The zero-order valence-electron chi connectivity index (χ0n) is 17.6. The molecule has 30 heavy (non-hydrogen) atoms. The molecule has 2 fully saturated rings. The van der Waals surface area contributed by atoms with E-state index in [1.807, 2.05) is 0 Å².